The predicted molar refractivity (Wildman–Crippen MR) is 97.0 cm³/mol. The van der Waals surface area contributed by atoms with E-state index in [2.05, 4.69) is 5.32 Å². The van der Waals surface area contributed by atoms with Gasteiger partial charge in [-0.2, -0.15) is 0 Å². The molecule has 0 aromatic heterocycles. The number of urea groups is 1. The van der Waals surface area contributed by atoms with Gasteiger partial charge in [0.05, 0.1) is 5.92 Å². The van der Waals surface area contributed by atoms with Crippen molar-refractivity contribution in [1.82, 2.24) is 10.2 Å². The Kier molecular flexibility index (Phi) is 5.44. The number of rotatable bonds is 3. The lowest BCUT2D eigenvalue weighted by Gasteiger charge is -2.35. The molecule has 2 aliphatic rings. The molecule has 1 aromatic carbocycles. The summed E-state index contributed by atoms with van der Waals surface area (Å²) in [6.07, 6.45) is 2.36. The smallest absolute Gasteiger partial charge is 0.318 e. The number of piperidine rings is 2. The molecule has 2 saturated heterocycles. The highest BCUT2D eigenvalue weighted by Gasteiger charge is 2.33. The minimum Gasteiger partial charge on any atom is -0.481 e. The summed E-state index contributed by atoms with van der Waals surface area (Å²) in [7, 11) is 0. The molecule has 1 aromatic rings. The van der Waals surface area contributed by atoms with Crippen molar-refractivity contribution in [3.8, 4) is 0 Å². The molecule has 0 aliphatic carbocycles. The van der Waals surface area contributed by atoms with Gasteiger partial charge in [0.25, 0.3) is 0 Å². The molecular formula is C19H25N3O4. The maximum Gasteiger partial charge on any atom is 0.318 e. The Morgan fingerprint density at radius 1 is 1.08 bits per heavy atom. The van der Waals surface area contributed by atoms with Crippen molar-refractivity contribution in [1.29, 1.82) is 0 Å². The summed E-state index contributed by atoms with van der Waals surface area (Å²) in [5.41, 5.74) is 1.98. The molecule has 26 heavy (non-hydrogen) atoms. The van der Waals surface area contributed by atoms with Gasteiger partial charge in [0.2, 0.25) is 5.91 Å². The van der Waals surface area contributed by atoms with Crippen LogP contribution in [0.25, 0.3) is 0 Å². The summed E-state index contributed by atoms with van der Waals surface area (Å²) in [5, 5.41) is 11.9. The molecule has 0 spiro atoms. The zero-order valence-corrected chi connectivity index (χ0v) is 15.0. The van der Waals surface area contributed by atoms with Crippen molar-refractivity contribution in [2.75, 3.05) is 24.5 Å². The van der Waals surface area contributed by atoms with Gasteiger partial charge in [-0.15, -0.1) is 0 Å². The topological polar surface area (TPSA) is 90.0 Å². The third-order valence-electron chi connectivity index (χ3n) is 5.21. The fraction of sp³-hybridized carbons (Fsp3) is 0.526. The predicted octanol–water partition coefficient (Wildman–Crippen LogP) is 2.00. The van der Waals surface area contributed by atoms with Crippen LogP contribution in [0, 0.1) is 12.8 Å². The van der Waals surface area contributed by atoms with E-state index in [1.807, 2.05) is 31.2 Å². The first kappa shape index (κ1) is 18.2. The van der Waals surface area contributed by atoms with E-state index in [1.54, 1.807) is 9.80 Å². The van der Waals surface area contributed by atoms with Crippen molar-refractivity contribution in [2.45, 2.75) is 38.6 Å². The van der Waals surface area contributed by atoms with Gasteiger partial charge in [-0.1, -0.05) is 17.7 Å². The van der Waals surface area contributed by atoms with Crippen LogP contribution in [-0.2, 0) is 9.59 Å². The van der Waals surface area contributed by atoms with E-state index >= 15 is 0 Å². The minimum absolute atomic E-state index is 0.0890. The largest absolute Gasteiger partial charge is 0.481 e. The maximum atomic E-state index is 12.8. The third-order valence-corrected chi connectivity index (χ3v) is 5.21. The van der Waals surface area contributed by atoms with Gasteiger partial charge >= 0.3 is 12.0 Å². The highest BCUT2D eigenvalue weighted by atomic mass is 16.4. The summed E-state index contributed by atoms with van der Waals surface area (Å²) in [6.45, 7) is 3.47. The fourth-order valence-electron chi connectivity index (χ4n) is 3.56. The summed E-state index contributed by atoms with van der Waals surface area (Å²) < 4.78 is 0. The van der Waals surface area contributed by atoms with Crippen LogP contribution in [0.15, 0.2) is 24.3 Å². The third kappa shape index (κ3) is 3.98. The van der Waals surface area contributed by atoms with Gasteiger partial charge in [-0.25, -0.2) is 4.79 Å². The average Bonchev–Trinajstić information content (AvgIpc) is 2.64. The van der Waals surface area contributed by atoms with Crippen molar-refractivity contribution in [3.05, 3.63) is 29.8 Å². The van der Waals surface area contributed by atoms with E-state index in [1.165, 1.54) is 0 Å². The van der Waals surface area contributed by atoms with Crippen LogP contribution < -0.4 is 10.2 Å². The second kappa shape index (κ2) is 7.76. The Bertz CT molecular complexity index is 681. The monoisotopic (exact) mass is 359 g/mol. The van der Waals surface area contributed by atoms with Crippen LogP contribution in [0.1, 0.15) is 31.2 Å². The second-order valence-electron chi connectivity index (χ2n) is 7.07. The number of likely N-dealkylation sites (tertiary alicyclic amines) is 1. The lowest BCUT2D eigenvalue weighted by Crippen LogP contribution is -2.56. The molecule has 3 amide bonds. The zero-order chi connectivity index (χ0) is 18.7. The normalized spacial score (nSPS) is 21.6. The van der Waals surface area contributed by atoms with Crippen molar-refractivity contribution < 1.29 is 19.5 Å². The standard InChI is InChI=1S/C19H25N3O4/c1-13-4-6-15(7-5-13)22-10-2-3-16(17(22)23)20-19(26)21-11-8-14(9-12-21)18(24)25/h4-7,14,16H,2-3,8-12H2,1H3,(H,20,26)(H,24,25). The fourth-order valence-corrected chi connectivity index (χ4v) is 3.56. The molecule has 140 valence electrons. The number of aryl methyl sites for hydroxylation is 1. The maximum absolute atomic E-state index is 12.8. The van der Waals surface area contributed by atoms with Crippen LogP contribution in [0.4, 0.5) is 10.5 Å². The molecule has 0 radical (unpaired) electrons. The van der Waals surface area contributed by atoms with E-state index in [-0.39, 0.29) is 17.9 Å². The van der Waals surface area contributed by atoms with E-state index in [9.17, 15) is 14.4 Å². The van der Waals surface area contributed by atoms with E-state index < -0.39 is 12.0 Å². The number of hydrogen-bond donors (Lipinski definition) is 2. The van der Waals surface area contributed by atoms with E-state index in [0.29, 0.717) is 38.9 Å². The Labute approximate surface area is 153 Å². The zero-order valence-electron chi connectivity index (χ0n) is 15.0. The number of carbonyl (C=O) groups is 3. The summed E-state index contributed by atoms with van der Waals surface area (Å²) >= 11 is 0. The Morgan fingerprint density at radius 2 is 1.73 bits per heavy atom. The first-order valence-corrected chi connectivity index (χ1v) is 9.12. The molecular weight excluding hydrogens is 334 g/mol. The molecule has 1 unspecified atom stereocenters. The average molecular weight is 359 g/mol. The summed E-state index contributed by atoms with van der Waals surface area (Å²) in [4.78, 5) is 39.6. The first-order chi connectivity index (χ1) is 12.5. The lowest BCUT2D eigenvalue weighted by molar-refractivity contribution is -0.143. The van der Waals surface area contributed by atoms with Gasteiger partial charge in [-0.05, 0) is 44.7 Å². The molecule has 2 heterocycles. The Balaban J connectivity index is 1.59. The number of anilines is 1. The molecule has 3 rings (SSSR count). The van der Waals surface area contributed by atoms with Crippen molar-refractivity contribution in [2.24, 2.45) is 5.92 Å². The van der Waals surface area contributed by atoms with E-state index in [0.717, 1.165) is 17.7 Å². The second-order valence-corrected chi connectivity index (χ2v) is 7.07. The SMILES string of the molecule is Cc1ccc(N2CCCC(NC(=O)N3CCC(C(=O)O)CC3)C2=O)cc1. The Hall–Kier alpha value is -2.57. The van der Waals surface area contributed by atoms with Gasteiger partial charge in [0, 0.05) is 25.3 Å². The van der Waals surface area contributed by atoms with Crippen LogP contribution in [-0.4, -0.2) is 53.6 Å². The van der Waals surface area contributed by atoms with Gasteiger partial charge < -0.3 is 20.2 Å². The molecule has 1 atom stereocenters. The minimum atomic E-state index is -0.804. The number of carboxylic acid groups (broad SMARTS) is 1. The number of benzene rings is 1. The molecule has 2 N–H and O–H groups in total. The van der Waals surface area contributed by atoms with Gasteiger partial charge in [0.1, 0.15) is 6.04 Å². The van der Waals surface area contributed by atoms with Crippen molar-refractivity contribution in [3.63, 3.8) is 0 Å². The summed E-state index contributed by atoms with van der Waals surface area (Å²) in [5.74, 6) is -1.28. The van der Waals surface area contributed by atoms with Crippen LogP contribution in [0.3, 0.4) is 0 Å². The Morgan fingerprint density at radius 3 is 2.35 bits per heavy atom. The quantitative estimate of drug-likeness (QED) is 0.864. The number of hydrogen-bond acceptors (Lipinski definition) is 3. The number of nitrogens with one attached hydrogen (secondary N) is 1. The van der Waals surface area contributed by atoms with Crippen LogP contribution in [0.5, 0.6) is 0 Å². The summed E-state index contributed by atoms with van der Waals surface area (Å²) in [6, 6.07) is 6.98. The van der Waals surface area contributed by atoms with Crippen molar-refractivity contribution >= 4 is 23.6 Å². The lowest BCUT2D eigenvalue weighted by atomic mass is 9.97. The van der Waals surface area contributed by atoms with Gasteiger partial charge in [0.15, 0.2) is 0 Å². The van der Waals surface area contributed by atoms with Gasteiger partial charge in [-0.3, -0.25) is 9.59 Å². The molecule has 2 fully saturated rings. The number of nitrogens with zero attached hydrogens (tertiary/aromatic N) is 2. The van der Waals surface area contributed by atoms with Crippen LogP contribution in [0.2, 0.25) is 0 Å². The highest BCUT2D eigenvalue weighted by molar-refractivity contribution is 5.99. The highest BCUT2D eigenvalue weighted by Crippen LogP contribution is 2.22. The molecule has 7 nitrogen and oxygen atoms in total. The van der Waals surface area contributed by atoms with Crippen LogP contribution >= 0.6 is 0 Å². The number of carboxylic acids is 1. The molecule has 0 saturated carbocycles. The first-order valence-electron chi connectivity index (χ1n) is 9.12. The number of amides is 3. The number of carbonyl (C=O) groups excluding carboxylic acids is 2. The number of aliphatic carboxylic acids is 1. The molecule has 7 heteroatoms. The molecule has 0 bridgehead atoms. The molecule has 2 aliphatic heterocycles. The van der Waals surface area contributed by atoms with E-state index in [4.69, 9.17) is 5.11 Å².